The summed E-state index contributed by atoms with van der Waals surface area (Å²) in [6, 6.07) is 23.8. The summed E-state index contributed by atoms with van der Waals surface area (Å²) in [6.07, 6.45) is 3.44. The summed E-state index contributed by atoms with van der Waals surface area (Å²) in [4.78, 5) is 10.6. The maximum absolute atomic E-state index is 10.6. The van der Waals surface area contributed by atoms with Gasteiger partial charge in [-0.2, -0.15) is 0 Å². The highest BCUT2D eigenvalue weighted by atomic mass is 16.5. The van der Waals surface area contributed by atoms with Crippen molar-refractivity contribution in [3.05, 3.63) is 77.9 Å². The van der Waals surface area contributed by atoms with Crippen molar-refractivity contribution in [2.24, 2.45) is 0 Å². The van der Waals surface area contributed by atoms with Crippen LogP contribution in [0.25, 0.3) is 10.8 Å². The molecule has 1 saturated carbocycles. The third kappa shape index (κ3) is 4.60. The lowest BCUT2D eigenvalue weighted by Crippen LogP contribution is -2.29. The van der Waals surface area contributed by atoms with Crippen LogP contribution in [0, 0.1) is 0 Å². The second-order valence-electron chi connectivity index (χ2n) is 7.92. The Labute approximate surface area is 171 Å². The molecule has 3 atom stereocenters. The third-order valence-corrected chi connectivity index (χ3v) is 5.92. The Balaban J connectivity index is 1.38. The van der Waals surface area contributed by atoms with Gasteiger partial charge in [-0.05, 0) is 66.1 Å². The van der Waals surface area contributed by atoms with Crippen LogP contribution < -0.4 is 10.1 Å². The summed E-state index contributed by atoms with van der Waals surface area (Å²) in [5, 5.41) is 15.2. The Morgan fingerprint density at radius 3 is 2.62 bits per heavy atom. The fourth-order valence-corrected chi connectivity index (χ4v) is 4.49. The first kappa shape index (κ1) is 19.5. The molecule has 0 unspecified atom stereocenters. The monoisotopic (exact) mass is 389 g/mol. The van der Waals surface area contributed by atoms with Crippen LogP contribution in [0.4, 0.5) is 0 Å². The van der Waals surface area contributed by atoms with Crippen LogP contribution in [0.3, 0.4) is 0 Å². The van der Waals surface area contributed by atoms with E-state index in [1.54, 1.807) is 0 Å². The van der Waals surface area contributed by atoms with Crippen LogP contribution in [0.5, 0.6) is 5.75 Å². The maximum Gasteiger partial charge on any atom is 0.341 e. The third-order valence-electron chi connectivity index (χ3n) is 5.92. The SMILES string of the molecule is C[C@@H](N[C@@H]1CC[C@H](c2ccc(OCC(=O)O)cc2)C1)c1cccc2ccccc12. The second-order valence-corrected chi connectivity index (χ2v) is 7.92. The molecule has 0 heterocycles. The average Bonchev–Trinajstić information content (AvgIpc) is 3.20. The fraction of sp³-hybridized carbons (Fsp3) is 0.320. The van der Waals surface area contributed by atoms with E-state index < -0.39 is 5.97 Å². The summed E-state index contributed by atoms with van der Waals surface area (Å²) < 4.78 is 5.23. The van der Waals surface area contributed by atoms with E-state index in [4.69, 9.17) is 9.84 Å². The number of benzene rings is 3. The molecule has 3 aromatic carbocycles. The van der Waals surface area contributed by atoms with Crippen molar-refractivity contribution in [3.8, 4) is 5.75 Å². The summed E-state index contributed by atoms with van der Waals surface area (Å²) >= 11 is 0. The first-order chi connectivity index (χ1) is 14.1. The Morgan fingerprint density at radius 2 is 1.83 bits per heavy atom. The Hall–Kier alpha value is -2.85. The summed E-state index contributed by atoms with van der Waals surface area (Å²) in [5.41, 5.74) is 2.65. The van der Waals surface area contributed by atoms with Gasteiger partial charge in [0.1, 0.15) is 5.75 Å². The number of fused-ring (bicyclic) bond motifs is 1. The second kappa shape index (κ2) is 8.66. The van der Waals surface area contributed by atoms with Crippen molar-refractivity contribution < 1.29 is 14.6 Å². The molecule has 29 heavy (non-hydrogen) atoms. The van der Waals surface area contributed by atoms with E-state index in [9.17, 15) is 4.79 Å². The lowest BCUT2D eigenvalue weighted by molar-refractivity contribution is -0.139. The number of hydrogen-bond acceptors (Lipinski definition) is 3. The van der Waals surface area contributed by atoms with Crippen LogP contribution in [0.15, 0.2) is 66.7 Å². The molecule has 2 N–H and O–H groups in total. The van der Waals surface area contributed by atoms with Crippen molar-refractivity contribution in [3.63, 3.8) is 0 Å². The Morgan fingerprint density at radius 1 is 1.07 bits per heavy atom. The first-order valence-electron chi connectivity index (χ1n) is 10.3. The molecule has 0 spiro atoms. The van der Waals surface area contributed by atoms with E-state index in [0.717, 1.165) is 19.3 Å². The highest BCUT2D eigenvalue weighted by Crippen LogP contribution is 2.36. The molecule has 0 aliphatic heterocycles. The smallest absolute Gasteiger partial charge is 0.341 e. The average molecular weight is 389 g/mol. The number of carboxylic acids is 1. The largest absolute Gasteiger partial charge is 0.482 e. The first-order valence-corrected chi connectivity index (χ1v) is 10.3. The van der Waals surface area contributed by atoms with Crippen molar-refractivity contribution in [1.82, 2.24) is 5.32 Å². The molecule has 0 saturated heterocycles. The quantitative estimate of drug-likeness (QED) is 0.576. The van der Waals surface area contributed by atoms with Crippen LogP contribution in [-0.2, 0) is 4.79 Å². The fourth-order valence-electron chi connectivity index (χ4n) is 4.49. The van der Waals surface area contributed by atoms with Crippen LogP contribution in [0.2, 0.25) is 0 Å². The van der Waals surface area contributed by atoms with Gasteiger partial charge < -0.3 is 15.2 Å². The van der Waals surface area contributed by atoms with E-state index >= 15 is 0 Å². The number of carbonyl (C=O) groups is 1. The van der Waals surface area contributed by atoms with Crippen molar-refractivity contribution >= 4 is 16.7 Å². The number of rotatable bonds is 7. The summed E-state index contributed by atoms with van der Waals surface area (Å²) in [5.74, 6) is 0.174. The molecule has 150 valence electrons. The van der Waals surface area contributed by atoms with Crippen LogP contribution >= 0.6 is 0 Å². The molecule has 1 aliphatic carbocycles. The molecule has 3 aromatic rings. The van der Waals surface area contributed by atoms with E-state index in [0.29, 0.717) is 23.8 Å². The topological polar surface area (TPSA) is 58.6 Å². The van der Waals surface area contributed by atoms with Gasteiger partial charge in [-0.25, -0.2) is 4.79 Å². The van der Waals surface area contributed by atoms with E-state index in [1.807, 2.05) is 12.1 Å². The predicted molar refractivity (Wildman–Crippen MR) is 115 cm³/mol. The minimum absolute atomic E-state index is 0.302. The molecular formula is C25H27NO3. The standard InChI is InChI=1S/C25H27NO3/c1-17(23-8-4-6-19-5-2-3-7-24(19)23)26-21-12-9-20(15-21)18-10-13-22(14-11-18)29-16-25(27)28/h2-8,10-11,13-14,17,20-21,26H,9,12,15-16H2,1H3,(H,27,28)/t17-,20+,21-/m1/s1. The zero-order valence-corrected chi connectivity index (χ0v) is 16.7. The Bertz CT molecular complexity index is 978. The van der Waals surface area contributed by atoms with Gasteiger partial charge in [-0.3, -0.25) is 0 Å². The van der Waals surface area contributed by atoms with E-state index in [2.05, 4.69) is 66.8 Å². The van der Waals surface area contributed by atoms with Gasteiger partial charge in [0.15, 0.2) is 6.61 Å². The lowest BCUT2D eigenvalue weighted by Gasteiger charge is -2.21. The zero-order chi connectivity index (χ0) is 20.2. The molecule has 0 bridgehead atoms. The van der Waals surface area contributed by atoms with E-state index in [-0.39, 0.29) is 6.61 Å². The number of hydrogen-bond donors (Lipinski definition) is 2. The van der Waals surface area contributed by atoms with Gasteiger partial charge in [-0.1, -0.05) is 54.6 Å². The summed E-state index contributed by atoms with van der Waals surface area (Å²) in [7, 11) is 0. The lowest BCUT2D eigenvalue weighted by atomic mass is 9.96. The zero-order valence-electron chi connectivity index (χ0n) is 16.7. The predicted octanol–water partition coefficient (Wildman–Crippen LogP) is 5.29. The minimum Gasteiger partial charge on any atom is -0.482 e. The van der Waals surface area contributed by atoms with Crippen molar-refractivity contribution in [2.45, 2.75) is 44.2 Å². The van der Waals surface area contributed by atoms with E-state index in [1.165, 1.54) is 21.9 Å². The molecule has 4 heteroatoms. The molecule has 4 nitrogen and oxygen atoms in total. The molecule has 4 rings (SSSR count). The Kier molecular flexibility index (Phi) is 5.81. The van der Waals surface area contributed by atoms with Gasteiger partial charge in [0, 0.05) is 12.1 Å². The number of ether oxygens (including phenoxy) is 1. The molecule has 1 aliphatic rings. The van der Waals surface area contributed by atoms with Crippen LogP contribution in [-0.4, -0.2) is 23.7 Å². The molecule has 0 aromatic heterocycles. The minimum atomic E-state index is -0.959. The van der Waals surface area contributed by atoms with Gasteiger partial charge in [0.05, 0.1) is 0 Å². The summed E-state index contributed by atoms with van der Waals surface area (Å²) in [6.45, 7) is 1.95. The molecule has 0 radical (unpaired) electrons. The number of carboxylic acid groups (broad SMARTS) is 1. The van der Waals surface area contributed by atoms with Crippen LogP contribution in [0.1, 0.15) is 49.3 Å². The normalized spacial score (nSPS) is 19.9. The highest BCUT2D eigenvalue weighted by Gasteiger charge is 2.27. The van der Waals surface area contributed by atoms with Gasteiger partial charge in [-0.15, -0.1) is 0 Å². The highest BCUT2D eigenvalue weighted by molar-refractivity contribution is 5.86. The van der Waals surface area contributed by atoms with Gasteiger partial charge in [0.2, 0.25) is 0 Å². The molecule has 0 amide bonds. The van der Waals surface area contributed by atoms with Gasteiger partial charge in [0.25, 0.3) is 0 Å². The van der Waals surface area contributed by atoms with Crippen molar-refractivity contribution in [1.29, 1.82) is 0 Å². The maximum atomic E-state index is 10.6. The number of nitrogens with one attached hydrogen (secondary N) is 1. The molecular weight excluding hydrogens is 362 g/mol. The van der Waals surface area contributed by atoms with Crippen molar-refractivity contribution in [2.75, 3.05) is 6.61 Å². The number of aliphatic carboxylic acids is 1. The van der Waals surface area contributed by atoms with Gasteiger partial charge >= 0.3 is 5.97 Å². The molecule has 1 fully saturated rings.